The molecular formula is C15H11F7N6. The minimum absolute atomic E-state index is 0.381. The second kappa shape index (κ2) is 6.01. The number of pyridine rings is 1. The zero-order chi connectivity index (χ0) is 21.1. The van der Waals surface area contributed by atoms with Crippen LogP contribution in [0.25, 0.3) is 16.9 Å². The van der Waals surface area contributed by atoms with Crippen molar-refractivity contribution in [3.05, 3.63) is 35.4 Å². The molecule has 0 fully saturated rings. The first-order valence-corrected chi connectivity index (χ1v) is 7.56. The molecule has 0 aliphatic rings. The Morgan fingerprint density at radius 2 is 1.61 bits per heavy atom. The van der Waals surface area contributed by atoms with Crippen molar-refractivity contribution in [3.63, 3.8) is 0 Å². The summed E-state index contributed by atoms with van der Waals surface area (Å²) in [6.45, 7) is 1.85. The molecule has 0 aliphatic heterocycles. The third kappa shape index (κ3) is 3.31. The average molecular weight is 408 g/mol. The van der Waals surface area contributed by atoms with Crippen LogP contribution in [0.15, 0.2) is 18.3 Å². The minimum atomic E-state index is -5.08. The van der Waals surface area contributed by atoms with Crippen LogP contribution >= 0.6 is 0 Å². The lowest BCUT2D eigenvalue weighted by Crippen LogP contribution is -2.19. The maximum atomic E-state index is 14.1. The van der Waals surface area contributed by atoms with Gasteiger partial charge in [0, 0.05) is 6.20 Å². The number of hydrogen-bond acceptors (Lipinski definition) is 5. The zero-order valence-corrected chi connectivity index (χ0v) is 14.2. The van der Waals surface area contributed by atoms with Gasteiger partial charge in [-0.15, -0.1) is 5.10 Å². The predicted octanol–water partition coefficient (Wildman–Crippen LogP) is 4.03. The summed E-state index contributed by atoms with van der Waals surface area (Å²) < 4.78 is 94.6. The van der Waals surface area contributed by atoms with Gasteiger partial charge in [-0.05, 0) is 26.0 Å². The Bertz CT molecular complexity index is 1050. The van der Waals surface area contributed by atoms with Gasteiger partial charge in [-0.1, -0.05) is 0 Å². The van der Waals surface area contributed by atoms with E-state index in [-0.39, 0.29) is 0 Å². The van der Waals surface area contributed by atoms with E-state index in [1.54, 1.807) is 0 Å². The van der Waals surface area contributed by atoms with Gasteiger partial charge < -0.3 is 5.73 Å². The monoisotopic (exact) mass is 408 g/mol. The van der Waals surface area contributed by atoms with Gasteiger partial charge in [0.15, 0.2) is 28.7 Å². The van der Waals surface area contributed by atoms with Crippen LogP contribution in [-0.4, -0.2) is 24.7 Å². The first kappa shape index (κ1) is 19.8. The number of halogens is 7. The fourth-order valence-electron chi connectivity index (χ4n) is 2.43. The topological polar surface area (TPSA) is 82.5 Å². The Morgan fingerprint density at radius 1 is 0.964 bits per heavy atom. The number of nitrogens with two attached hydrogens (primary N) is 1. The van der Waals surface area contributed by atoms with E-state index < -0.39 is 57.8 Å². The molecule has 13 heteroatoms. The lowest BCUT2D eigenvalue weighted by Gasteiger charge is -2.15. The van der Waals surface area contributed by atoms with Gasteiger partial charge in [0.25, 0.3) is 0 Å². The van der Waals surface area contributed by atoms with Crippen molar-refractivity contribution in [3.8, 4) is 5.82 Å². The molecule has 3 aromatic rings. The van der Waals surface area contributed by atoms with E-state index in [4.69, 9.17) is 5.73 Å². The van der Waals surface area contributed by atoms with Crippen LogP contribution in [-0.2, 0) is 18.0 Å². The highest BCUT2D eigenvalue weighted by atomic mass is 19.4. The van der Waals surface area contributed by atoms with Gasteiger partial charge >= 0.3 is 12.4 Å². The van der Waals surface area contributed by atoms with Crippen LogP contribution in [0.5, 0.6) is 0 Å². The first-order chi connectivity index (χ1) is 12.7. The van der Waals surface area contributed by atoms with E-state index in [1.807, 2.05) is 0 Å². The lowest BCUT2D eigenvalue weighted by molar-refractivity contribution is -0.140. The van der Waals surface area contributed by atoms with E-state index >= 15 is 0 Å². The number of hydrogen-bond donors (Lipinski definition) is 1. The van der Waals surface area contributed by atoms with Crippen molar-refractivity contribution in [1.29, 1.82) is 0 Å². The molecule has 0 atom stereocenters. The number of rotatable bonds is 2. The van der Waals surface area contributed by atoms with Crippen LogP contribution in [0, 0.1) is 0 Å². The molecule has 0 radical (unpaired) electrons. The second-order valence-corrected chi connectivity index (χ2v) is 6.23. The number of alkyl halides is 7. The van der Waals surface area contributed by atoms with Crippen molar-refractivity contribution >= 4 is 16.9 Å². The SMILES string of the molecule is CC(C)(F)c1nc(C(F)(F)F)c2c(N)n(-c3ncccc3C(F)(F)F)nc2n1. The molecule has 3 aromatic heterocycles. The zero-order valence-electron chi connectivity index (χ0n) is 14.2. The van der Waals surface area contributed by atoms with Gasteiger partial charge in [-0.25, -0.2) is 19.3 Å². The third-order valence-electron chi connectivity index (χ3n) is 3.66. The molecular weight excluding hydrogens is 397 g/mol. The van der Waals surface area contributed by atoms with Crippen LogP contribution in [0.1, 0.15) is 30.9 Å². The molecule has 3 heterocycles. The fourth-order valence-corrected chi connectivity index (χ4v) is 2.43. The molecule has 0 unspecified atom stereocenters. The quantitative estimate of drug-likeness (QED) is 0.648. The molecule has 0 spiro atoms. The maximum Gasteiger partial charge on any atom is 0.434 e. The van der Waals surface area contributed by atoms with E-state index in [2.05, 4.69) is 20.1 Å². The standard InChI is InChI=1S/C15H11F7N6/c1-13(2,16)12-25-8(15(20,21)22)7-9(23)28(27-10(7)26-12)11-6(14(17,18)19)4-3-5-24-11/h3-5H,23H2,1-2H3. The Balaban J connectivity index is 2.40. The number of aromatic nitrogens is 5. The smallest absolute Gasteiger partial charge is 0.383 e. The van der Waals surface area contributed by atoms with Crippen molar-refractivity contribution in [2.75, 3.05) is 5.73 Å². The second-order valence-electron chi connectivity index (χ2n) is 6.23. The summed E-state index contributed by atoms with van der Waals surface area (Å²) in [5.41, 5.74) is -0.297. The molecule has 0 saturated carbocycles. The van der Waals surface area contributed by atoms with E-state index in [0.29, 0.717) is 10.7 Å². The summed E-state index contributed by atoms with van der Waals surface area (Å²) in [4.78, 5) is 10.3. The molecule has 0 bridgehead atoms. The number of nitrogen functional groups attached to an aromatic ring is 1. The largest absolute Gasteiger partial charge is 0.434 e. The molecule has 28 heavy (non-hydrogen) atoms. The Morgan fingerprint density at radius 3 is 2.14 bits per heavy atom. The summed E-state index contributed by atoms with van der Waals surface area (Å²) in [6, 6.07) is 1.66. The minimum Gasteiger partial charge on any atom is -0.383 e. The molecule has 0 aromatic carbocycles. The van der Waals surface area contributed by atoms with Crippen LogP contribution in [0.4, 0.5) is 36.6 Å². The molecule has 6 nitrogen and oxygen atoms in total. The Labute approximate surface area is 152 Å². The van der Waals surface area contributed by atoms with Crippen LogP contribution in [0.3, 0.4) is 0 Å². The molecule has 3 rings (SSSR count). The van der Waals surface area contributed by atoms with Crippen molar-refractivity contribution in [1.82, 2.24) is 24.7 Å². The van der Waals surface area contributed by atoms with Gasteiger partial charge in [0.1, 0.15) is 11.4 Å². The summed E-state index contributed by atoms with van der Waals surface area (Å²) in [5.74, 6) is -2.50. The summed E-state index contributed by atoms with van der Waals surface area (Å²) in [7, 11) is 0. The van der Waals surface area contributed by atoms with Crippen LogP contribution in [0.2, 0.25) is 0 Å². The Kier molecular flexibility index (Phi) is 4.24. The average Bonchev–Trinajstić information content (AvgIpc) is 2.88. The van der Waals surface area contributed by atoms with Crippen molar-refractivity contribution in [2.24, 2.45) is 0 Å². The molecule has 0 aliphatic carbocycles. The van der Waals surface area contributed by atoms with Crippen molar-refractivity contribution < 1.29 is 30.7 Å². The lowest BCUT2D eigenvalue weighted by atomic mass is 10.1. The molecule has 2 N–H and O–H groups in total. The van der Waals surface area contributed by atoms with Gasteiger partial charge in [-0.3, -0.25) is 0 Å². The summed E-state index contributed by atoms with van der Waals surface area (Å²) in [5, 5.41) is 2.77. The third-order valence-corrected chi connectivity index (χ3v) is 3.66. The number of fused-ring (bicyclic) bond motifs is 1. The van der Waals surface area contributed by atoms with Gasteiger partial charge in [-0.2, -0.15) is 31.0 Å². The van der Waals surface area contributed by atoms with Crippen molar-refractivity contribution in [2.45, 2.75) is 31.9 Å². The molecule has 0 saturated heterocycles. The highest BCUT2D eigenvalue weighted by Gasteiger charge is 2.41. The summed E-state index contributed by atoms with van der Waals surface area (Å²) in [6.07, 6.45) is -8.97. The normalized spacial score (nSPS) is 13.3. The number of anilines is 1. The van der Waals surface area contributed by atoms with Gasteiger partial charge in [0.2, 0.25) is 0 Å². The predicted molar refractivity (Wildman–Crippen MR) is 83.0 cm³/mol. The van der Waals surface area contributed by atoms with E-state index in [9.17, 15) is 30.7 Å². The van der Waals surface area contributed by atoms with E-state index in [1.165, 1.54) is 0 Å². The first-order valence-electron chi connectivity index (χ1n) is 7.56. The molecule has 0 amide bonds. The Hall–Kier alpha value is -2.99. The van der Waals surface area contributed by atoms with Gasteiger partial charge in [0.05, 0.1) is 5.39 Å². The summed E-state index contributed by atoms with van der Waals surface area (Å²) >= 11 is 0. The maximum absolute atomic E-state index is 14.1. The van der Waals surface area contributed by atoms with E-state index in [0.717, 1.165) is 26.1 Å². The highest BCUT2D eigenvalue weighted by molar-refractivity contribution is 5.90. The number of nitrogens with zero attached hydrogens (tertiary/aromatic N) is 5. The molecule has 150 valence electrons. The fraction of sp³-hybridized carbons (Fsp3) is 0.333. The highest BCUT2D eigenvalue weighted by Crippen LogP contribution is 2.39. The van der Waals surface area contributed by atoms with Crippen LogP contribution < -0.4 is 5.73 Å².